The molecule has 0 aliphatic heterocycles. The molecule has 0 amide bonds. The Morgan fingerprint density at radius 3 is 2.53 bits per heavy atom. The van der Waals surface area contributed by atoms with Gasteiger partial charge in [0, 0.05) is 0 Å². The number of esters is 1. The Bertz CT molecular complexity index is 504. The number of aromatic nitrogens is 3. The predicted molar refractivity (Wildman–Crippen MR) is 59.7 cm³/mol. The van der Waals surface area contributed by atoms with E-state index in [1.165, 1.54) is 7.11 Å². The van der Waals surface area contributed by atoms with E-state index in [4.69, 9.17) is 0 Å². The molecule has 1 aromatic rings. The molecule has 0 aliphatic carbocycles. The maximum atomic E-state index is 11.4. The molecular weight excluding hydrogens is 228 g/mol. The fraction of sp³-hybridized carbons (Fsp3) is 0.556. The van der Waals surface area contributed by atoms with Crippen molar-refractivity contribution in [3.63, 3.8) is 0 Å². The average Bonchev–Trinajstić information content (AvgIpc) is 2.26. The van der Waals surface area contributed by atoms with Gasteiger partial charge in [-0.3, -0.25) is 9.78 Å². The van der Waals surface area contributed by atoms with E-state index >= 15 is 0 Å². The number of hydrogen-bond acceptors (Lipinski definition) is 6. The number of hydrogen-bond donors (Lipinski definition) is 3. The minimum Gasteiger partial charge on any atom is -0.467 e. The molecule has 1 rings (SSSR count). The predicted octanol–water partition coefficient (Wildman–Crippen LogP) is -0.932. The summed E-state index contributed by atoms with van der Waals surface area (Å²) >= 11 is 0. The van der Waals surface area contributed by atoms with Gasteiger partial charge in [-0.1, -0.05) is 13.8 Å². The number of nitrogens with zero attached hydrogens (tertiary/aromatic N) is 1. The summed E-state index contributed by atoms with van der Waals surface area (Å²) in [5.74, 6) is -0.739. The van der Waals surface area contributed by atoms with Crippen molar-refractivity contribution in [1.82, 2.24) is 15.2 Å². The topological polar surface area (TPSA) is 117 Å². The first-order chi connectivity index (χ1) is 7.95. The molecule has 0 fully saturated rings. The van der Waals surface area contributed by atoms with Gasteiger partial charge in [-0.25, -0.2) is 14.7 Å². The van der Waals surface area contributed by atoms with Crippen molar-refractivity contribution in [2.45, 2.75) is 19.9 Å². The fourth-order valence-electron chi connectivity index (χ4n) is 1.22. The molecular formula is C9H14N4O4. The summed E-state index contributed by atoms with van der Waals surface area (Å²) in [6, 6.07) is -0.709. The van der Waals surface area contributed by atoms with Crippen molar-refractivity contribution in [3.05, 3.63) is 20.8 Å². The second-order valence-corrected chi connectivity index (χ2v) is 3.74. The van der Waals surface area contributed by atoms with Crippen LogP contribution in [0, 0.1) is 5.92 Å². The zero-order valence-electron chi connectivity index (χ0n) is 9.73. The van der Waals surface area contributed by atoms with Gasteiger partial charge >= 0.3 is 11.7 Å². The summed E-state index contributed by atoms with van der Waals surface area (Å²) in [7, 11) is 1.25. The highest BCUT2D eigenvalue weighted by Gasteiger charge is 2.24. The maximum Gasteiger partial charge on any atom is 0.342 e. The van der Waals surface area contributed by atoms with Crippen LogP contribution < -0.4 is 16.6 Å². The van der Waals surface area contributed by atoms with Gasteiger partial charge in [0.1, 0.15) is 6.04 Å². The van der Waals surface area contributed by atoms with E-state index in [0.29, 0.717) is 0 Å². The lowest BCUT2D eigenvalue weighted by Crippen LogP contribution is -2.39. The highest BCUT2D eigenvalue weighted by molar-refractivity contribution is 5.78. The van der Waals surface area contributed by atoms with Crippen molar-refractivity contribution < 1.29 is 9.53 Å². The average molecular weight is 242 g/mol. The first-order valence-electron chi connectivity index (χ1n) is 4.99. The van der Waals surface area contributed by atoms with E-state index in [-0.39, 0.29) is 11.7 Å². The van der Waals surface area contributed by atoms with E-state index < -0.39 is 23.3 Å². The van der Waals surface area contributed by atoms with Gasteiger partial charge in [0.15, 0.2) is 0 Å². The highest BCUT2D eigenvalue weighted by Crippen LogP contribution is 2.07. The van der Waals surface area contributed by atoms with Crippen LogP contribution in [0.15, 0.2) is 9.59 Å². The zero-order valence-corrected chi connectivity index (χ0v) is 9.73. The van der Waals surface area contributed by atoms with Crippen LogP contribution in [-0.2, 0) is 9.53 Å². The number of aromatic amines is 2. The molecule has 0 aliphatic rings. The number of H-pyrrole nitrogens is 2. The number of nitrogens with one attached hydrogen (secondary N) is 3. The van der Waals surface area contributed by atoms with Crippen LogP contribution in [0.4, 0.5) is 5.82 Å². The lowest BCUT2D eigenvalue weighted by Gasteiger charge is -2.19. The van der Waals surface area contributed by atoms with Crippen molar-refractivity contribution >= 4 is 11.8 Å². The molecule has 0 bridgehead atoms. The van der Waals surface area contributed by atoms with Crippen LogP contribution in [-0.4, -0.2) is 34.3 Å². The Morgan fingerprint density at radius 1 is 1.41 bits per heavy atom. The minimum absolute atomic E-state index is 0.101. The fourth-order valence-corrected chi connectivity index (χ4v) is 1.22. The summed E-state index contributed by atoms with van der Waals surface area (Å²) in [4.78, 5) is 35.6. The molecule has 1 atom stereocenters. The molecule has 3 N–H and O–H groups in total. The molecule has 17 heavy (non-hydrogen) atoms. The second-order valence-electron chi connectivity index (χ2n) is 3.74. The van der Waals surface area contributed by atoms with Gasteiger partial charge in [0.05, 0.1) is 7.11 Å². The molecule has 1 aromatic heterocycles. The van der Waals surface area contributed by atoms with Crippen LogP contribution >= 0.6 is 0 Å². The van der Waals surface area contributed by atoms with Crippen molar-refractivity contribution in [2.24, 2.45) is 5.92 Å². The molecule has 0 spiro atoms. The number of methoxy groups -OCH3 is 1. The van der Waals surface area contributed by atoms with Crippen LogP contribution in [0.1, 0.15) is 13.8 Å². The van der Waals surface area contributed by atoms with Crippen molar-refractivity contribution in [2.75, 3.05) is 12.4 Å². The Morgan fingerprint density at radius 2 is 2.06 bits per heavy atom. The van der Waals surface area contributed by atoms with E-state index in [2.05, 4.69) is 20.3 Å². The largest absolute Gasteiger partial charge is 0.467 e. The van der Waals surface area contributed by atoms with Gasteiger partial charge in [0.25, 0.3) is 5.56 Å². The first-order valence-corrected chi connectivity index (χ1v) is 4.99. The summed E-state index contributed by atoms with van der Waals surface area (Å²) < 4.78 is 4.60. The first kappa shape index (κ1) is 12.9. The SMILES string of the molecule is COC(=O)C(Nc1n[nH]c(=O)[nH]c1=O)C(C)C. The van der Waals surface area contributed by atoms with E-state index in [1.54, 1.807) is 13.8 Å². The quantitative estimate of drug-likeness (QED) is 0.587. The summed E-state index contributed by atoms with van der Waals surface area (Å²) in [6.45, 7) is 3.57. The lowest BCUT2D eigenvalue weighted by molar-refractivity contribution is -0.142. The Hall–Kier alpha value is -2.12. The number of rotatable bonds is 4. The lowest BCUT2D eigenvalue weighted by atomic mass is 10.1. The third kappa shape index (κ3) is 3.16. The summed E-state index contributed by atoms with van der Waals surface area (Å²) in [6.07, 6.45) is 0. The molecule has 0 saturated carbocycles. The molecule has 0 saturated heterocycles. The summed E-state index contributed by atoms with van der Waals surface area (Å²) in [5.41, 5.74) is -1.40. The number of carbonyl (C=O) groups is 1. The molecule has 0 radical (unpaired) electrons. The minimum atomic E-state index is -0.709. The van der Waals surface area contributed by atoms with E-state index in [9.17, 15) is 14.4 Å². The van der Waals surface area contributed by atoms with Gasteiger partial charge in [0.2, 0.25) is 5.82 Å². The van der Waals surface area contributed by atoms with Gasteiger partial charge in [-0.2, -0.15) is 0 Å². The van der Waals surface area contributed by atoms with Crippen LogP contribution in [0.2, 0.25) is 0 Å². The van der Waals surface area contributed by atoms with E-state index in [0.717, 1.165) is 0 Å². The zero-order chi connectivity index (χ0) is 13.0. The van der Waals surface area contributed by atoms with Gasteiger partial charge in [-0.05, 0) is 5.92 Å². The number of anilines is 1. The van der Waals surface area contributed by atoms with Crippen LogP contribution in [0.5, 0.6) is 0 Å². The van der Waals surface area contributed by atoms with Crippen LogP contribution in [0.3, 0.4) is 0 Å². The molecule has 0 aromatic carbocycles. The molecule has 1 unspecified atom stereocenters. The molecule has 8 heteroatoms. The third-order valence-electron chi connectivity index (χ3n) is 2.13. The number of carbonyl (C=O) groups excluding carboxylic acids is 1. The molecule has 1 heterocycles. The standard InChI is InChI=1S/C9H14N4O4/c1-4(2)5(8(15)17-3)10-6-7(14)11-9(16)13-12-6/h4-5H,1-3H3,(H,10,12)(H2,11,13,14,16). The third-order valence-corrected chi connectivity index (χ3v) is 2.13. The molecule has 8 nitrogen and oxygen atoms in total. The Kier molecular flexibility index (Phi) is 4.02. The Labute approximate surface area is 96.4 Å². The Balaban J connectivity index is 2.98. The van der Waals surface area contributed by atoms with Crippen molar-refractivity contribution in [3.8, 4) is 0 Å². The normalized spacial score (nSPS) is 12.2. The monoisotopic (exact) mass is 242 g/mol. The molecule has 94 valence electrons. The highest BCUT2D eigenvalue weighted by atomic mass is 16.5. The van der Waals surface area contributed by atoms with Gasteiger partial charge < -0.3 is 10.1 Å². The second kappa shape index (κ2) is 5.28. The number of ether oxygens (including phenoxy) is 1. The van der Waals surface area contributed by atoms with Gasteiger partial charge in [-0.15, -0.1) is 5.10 Å². The smallest absolute Gasteiger partial charge is 0.342 e. The maximum absolute atomic E-state index is 11.4. The summed E-state index contributed by atoms with van der Waals surface area (Å²) in [5, 5.41) is 8.21. The van der Waals surface area contributed by atoms with E-state index in [1.807, 2.05) is 4.98 Å². The van der Waals surface area contributed by atoms with Crippen molar-refractivity contribution in [1.29, 1.82) is 0 Å². The van der Waals surface area contributed by atoms with Crippen LogP contribution in [0.25, 0.3) is 0 Å².